The highest BCUT2D eigenvalue weighted by Crippen LogP contribution is 2.31. The molecule has 2 fully saturated rings. The van der Waals surface area contributed by atoms with Gasteiger partial charge >= 0.3 is 0 Å². The molecule has 0 unspecified atom stereocenters. The quantitative estimate of drug-likeness (QED) is 0.581. The molecule has 1 aromatic carbocycles. The minimum Gasteiger partial charge on any atom is -0.379 e. The van der Waals surface area contributed by atoms with Crippen LogP contribution in [-0.4, -0.2) is 63.9 Å². The van der Waals surface area contributed by atoms with Crippen molar-refractivity contribution in [1.82, 2.24) is 14.5 Å². The fourth-order valence-electron chi connectivity index (χ4n) is 3.74. The number of nitro groups is 1. The number of nitro benzene ring substituents is 1. The highest BCUT2D eigenvalue weighted by atomic mass is 16.7. The topological polar surface area (TPSA) is 112 Å². The highest BCUT2D eigenvalue weighted by Gasteiger charge is 2.40. The van der Waals surface area contributed by atoms with Crippen molar-refractivity contribution in [3.8, 4) is 5.69 Å². The maximum absolute atomic E-state index is 12.5. The van der Waals surface area contributed by atoms with Crippen molar-refractivity contribution in [3.63, 3.8) is 0 Å². The molecule has 154 valence electrons. The van der Waals surface area contributed by atoms with Gasteiger partial charge in [-0.3, -0.25) is 14.9 Å². The van der Waals surface area contributed by atoms with E-state index >= 15 is 0 Å². The molecule has 1 spiro atoms. The first-order valence-corrected chi connectivity index (χ1v) is 9.63. The summed E-state index contributed by atoms with van der Waals surface area (Å²) in [4.78, 5) is 29.3. The maximum atomic E-state index is 12.5. The maximum Gasteiger partial charge on any atom is 0.294 e. The lowest BCUT2D eigenvalue weighted by atomic mass is 10.0. The Morgan fingerprint density at radius 3 is 2.69 bits per heavy atom. The zero-order valence-electron chi connectivity index (χ0n) is 16.0. The minimum absolute atomic E-state index is 0.0167. The molecule has 0 aliphatic carbocycles. The van der Waals surface area contributed by atoms with Gasteiger partial charge in [0.25, 0.3) is 5.69 Å². The van der Waals surface area contributed by atoms with E-state index in [9.17, 15) is 14.9 Å². The van der Waals surface area contributed by atoms with Crippen LogP contribution in [0.4, 0.5) is 11.4 Å². The molecule has 0 saturated carbocycles. The SMILES string of the molecule is O=C(CCNc1ccc(-n2ccnc2)cc1[N+](=O)[O-])N1CCC2(CC1)OCCO2. The molecule has 4 rings (SSSR count). The first-order chi connectivity index (χ1) is 14.1. The predicted molar refractivity (Wildman–Crippen MR) is 104 cm³/mol. The number of imidazole rings is 1. The van der Waals surface area contributed by atoms with Gasteiger partial charge in [0.1, 0.15) is 5.69 Å². The van der Waals surface area contributed by atoms with Crippen LogP contribution in [0.3, 0.4) is 0 Å². The van der Waals surface area contributed by atoms with E-state index in [1.54, 1.807) is 40.3 Å². The highest BCUT2D eigenvalue weighted by molar-refractivity contribution is 5.77. The normalized spacial score (nSPS) is 18.1. The van der Waals surface area contributed by atoms with Gasteiger partial charge in [0, 0.05) is 57.4 Å². The zero-order chi connectivity index (χ0) is 20.3. The Balaban J connectivity index is 1.32. The largest absolute Gasteiger partial charge is 0.379 e. The number of hydrogen-bond donors (Lipinski definition) is 1. The molecule has 0 bridgehead atoms. The fourth-order valence-corrected chi connectivity index (χ4v) is 3.74. The average molecular weight is 401 g/mol. The van der Waals surface area contributed by atoms with Crippen LogP contribution in [0.1, 0.15) is 19.3 Å². The number of benzene rings is 1. The molecule has 1 N–H and O–H groups in total. The zero-order valence-corrected chi connectivity index (χ0v) is 16.0. The second-order valence-corrected chi connectivity index (χ2v) is 7.09. The van der Waals surface area contributed by atoms with Gasteiger partial charge in [-0.05, 0) is 12.1 Å². The van der Waals surface area contributed by atoms with Crippen LogP contribution in [0.5, 0.6) is 0 Å². The van der Waals surface area contributed by atoms with E-state index < -0.39 is 10.7 Å². The summed E-state index contributed by atoms with van der Waals surface area (Å²) in [5.41, 5.74) is 0.991. The summed E-state index contributed by atoms with van der Waals surface area (Å²) >= 11 is 0. The molecular formula is C19H23N5O5. The van der Waals surface area contributed by atoms with Crippen LogP contribution in [0.25, 0.3) is 5.69 Å². The predicted octanol–water partition coefficient (Wildman–Crippen LogP) is 1.95. The molecule has 1 aromatic heterocycles. The van der Waals surface area contributed by atoms with E-state index in [4.69, 9.17) is 9.47 Å². The van der Waals surface area contributed by atoms with Gasteiger partial charge < -0.3 is 24.3 Å². The number of likely N-dealkylation sites (tertiary alicyclic amines) is 1. The Morgan fingerprint density at radius 2 is 2.03 bits per heavy atom. The number of ether oxygens (including phenoxy) is 2. The third kappa shape index (κ3) is 4.22. The number of hydrogen-bond acceptors (Lipinski definition) is 7. The van der Waals surface area contributed by atoms with Crippen LogP contribution < -0.4 is 5.32 Å². The van der Waals surface area contributed by atoms with Crippen molar-refractivity contribution in [2.45, 2.75) is 25.0 Å². The number of aromatic nitrogens is 2. The molecule has 2 aliphatic rings. The van der Waals surface area contributed by atoms with Crippen molar-refractivity contribution < 1.29 is 19.2 Å². The Kier molecular flexibility index (Phi) is 5.45. The van der Waals surface area contributed by atoms with E-state index in [1.165, 1.54) is 6.07 Å². The third-order valence-electron chi connectivity index (χ3n) is 5.33. The number of piperidine rings is 1. The van der Waals surface area contributed by atoms with Crippen molar-refractivity contribution >= 4 is 17.3 Å². The van der Waals surface area contributed by atoms with Gasteiger partial charge in [0.05, 0.1) is 30.2 Å². The Morgan fingerprint density at radius 1 is 1.28 bits per heavy atom. The first-order valence-electron chi connectivity index (χ1n) is 9.63. The van der Waals surface area contributed by atoms with Gasteiger partial charge in [-0.25, -0.2) is 4.98 Å². The van der Waals surface area contributed by atoms with Crippen molar-refractivity contribution in [2.24, 2.45) is 0 Å². The Hall–Kier alpha value is -2.98. The summed E-state index contributed by atoms with van der Waals surface area (Å²) in [5.74, 6) is -0.491. The molecule has 29 heavy (non-hydrogen) atoms. The number of rotatable bonds is 6. The molecule has 3 heterocycles. The van der Waals surface area contributed by atoms with Crippen molar-refractivity contribution in [3.05, 3.63) is 47.0 Å². The second kappa shape index (κ2) is 8.18. The average Bonchev–Trinajstić information content (AvgIpc) is 3.41. The fraction of sp³-hybridized carbons (Fsp3) is 0.474. The van der Waals surface area contributed by atoms with E-state index in [-0.39, 0.29) is 18.0 Å². The molecule has 2 aliphatic heterocycles. The summed E-state index contributed by atoms with van der Waals surface area (Å²) in [6.45, 7) is 2.72. The van der Waals surface area contributed by atoms with Gasteiger partial charge in [0.2, 0.25) is 5.91 Å². The first kappa shape index (κ1) is 19.3. The molecule has 2 aromatic rings. The molecule has 10 nitrogen and oxygen atoms in total. The monoisotopic (exact) mass is 401 g/mol. The van der Waals surface area contributed by atoms with Gasteiger partial charge in [0.15, 0.2) is 5.79 Å². The smallest absolute Gasteiger partial charge is 0.294 e. The Bertz CT molecular complexity index is 869. The van der Waals surface area contributed by atoms with Crippen LogP contribution >= 0.6 is 0 Å². The van der Waals surface area contributed by atoms with Crippen molar-refractivity contribution in [1.29, 1.82) is 0 Å². The van der Waals surface area contributed by atoms with E-state index in [1.807, 2.05) is 0 Å². The molecule has 0 atom stereocenters. The molecular weight excluding hydrogens is 378 g/mol. The molecule has 0 radical (unpaired) electrons. The van der Waals surface area contributed by atoms with Crippen LogP contribution in [0, 0.1) is 10.1 Å². The molecule has 1 amide bonds. The van der Waals surface area contributed by atoms with Gasteiger partial charge in [-0.15, -0.1) is 0 Å². The lowest BCUT2D eigenvalue weighted by Gasteiger charge is -2.37. The van der Waals surface area contributed by atoms with E-state index in [2.05, 4.69) is 10.3 Å². The Labute approximate surface area is 167 Å². The number of amides is 1. The van der Waals surface area contributed by atoms with Crippen LogP contribution in [0.15, 0.2) is 36.9 Å². The summed E-state index contributed by atoms with van der Waals surface area (Å²) < 4.78 is 13.1. The lowest BCUT2D eigenvalue weighted by molar-refractivity contribution is -0.383. The molecule has 2 saturated heterocycles. The van der Waals surface area contributed by atoms with Crippen LogP contribution in [0.2, 0.25) is 0 Å². The van der Waals surface area contributed by atoms with Gasteiger partial charge in [-0.2, -0.15) is 0 Å². The second-order valence-electron chi connectivity index (χ2n) is 7.09. The van der Waals surface area contributed by atoms with Gasteiger partial charge in [-0.1, -0.05) is 0 Å². The number of nitrogens with one attached hydrogen (secondary N) is 1. The summed E-state index contributed by atoms with van der Waals surface area (Å²) in [6, 6.07) is 4.90. The number of nitrogens with zero attached hydrogens (tertiary/aromatic N) is 4. The number of carbonyl (C=O) groups excluding carboxylic acids is 1. The summed E-state index contributed by atoms with van der Waals surface area (Å²) in [5, 5.41) is 14.5. The summed E-state index contributed by atoms with van der Waals surface area (Å²) in [6.07, 6.45) is 6.51. The number of anilines is 1. The third-order valence-corrected chi connectivity index (χ3v) is 5.33. The lowest BCUT2D eigenvalue weighted by Crippen LogP contribution is -2.47. The van der Waals surface area contributed by atoms with E-state index in [0.717, 1.165) is 0 Å². The molecule has 10 heteroatoms. The van der Waals surface area contributed by atoms with Crippen LogP contribution in [-0.2, 0) is 14.3 Å². The minimum atomic E-state index is -0.507. The van der Waals surface area contributed by atoms with E-state index in [0.29, 0.717) is 57.1 Å². The summed E-state index contributed by atoms with van der Waals surface area (Å²) in [7, 11) is 0. The number of carbonyl (C=O) groups is 1. The van der Waals surface area contributed by atoms with Crippen molar-refractivity contribution in [2.75, 3.05) is 38.2 Å². The standard InChI is InChI=1S/C19H23N5O5/c25-18(22-8-4-19(5-9-22)28-11-12-29-19)3-6-21-16-2-1-15(13-17(16)24(26)27)23-10-7-20-14-23/h1-2,7,10,13-14,21H,3-6,8-9,11-12H2.